The predicted octanol–water partition coefficient (Wildman–Crippen LogP) is 3.88. The van der Waals surface area contributed by atoms with E-state index >= 15 is 0 Å². The van der Waals surface area contributed by atoms with Crippen molar-refractivity contribution in [3.05, 3.63) is 70.1 Å². The van der Waals surface area contributed by atoms with Crippen molar-refractivity contribution in [2.24, 2.45) is 0 Å². The number of ether oxygens (including phenoxy) is 1. The molecule has 4 heterocycles. The highest BCUT2D eigenvalue weighted by Crippen LogP contribution is 2.32. The molecule has 1 aromatic carbocycles. The number of hydroxylamine groups is 2. The Balaban J connectivity index is 1.36. The summed E-state index contributed by atoms with van der Waals surface area (Å²) in [5, 5.41) is 13.7. The number of aliphatic hydroxyl groups excluding tert-OH is 1. The maximum atomic E-state index is 13.4. The van der Waals surface area contributed by atoms with Gasteiger partial charge in [0, 0.05) is 42.6 Å². The smallest absolute Gasteiger partial charge is 0.394 e. The fraction of sp³-hybridized carbons (Fsp3) is 0.400. The average molecular weight is 663 g/mol. The molecular formula is C30H30ClF3N6O6. The quantitative estimate of drug-likeness (QED) is 0.324. The van der Waals surface area contributed by atoms with Gasteiger partial charge >= 0.3 is 12.1 Å². The van der Waals surface area contributed by atoms with Crippen LogP contribution in [-0.2, 0) is 32.1 Å². The molecule has 1 saturated heterocycles. The fourth-order valence-corrected chi connectivity index (χ4v) is 5.33. The predicted molar refractivity (Wildman–Crippen MR) is 157 cm³/mol. The zero-order valence-electron chi connectivity index (χ0n) is 24.6. The van der Waals surface area contributed by atoms with E-state index in [1.54, 1.807) is 37.3 Å². The largest absolute Gasteiger partial charge is 0.493 e. The second-order valence-corrected chi connectivity index (χ2v) is 11.1. The van der Waals surface area contributed by atoms with Crippen molar-refractivity contribution < 1.29 is 42.2 Å². The van der Waals surface area contributed by atoms with Crippen LogP contribution in [0, 0.1) is 0 Å². The van der Waals surface area contributed by atoms with Crippen molar-refractivity contribution in [1.29, 1.82) is 0 Å². The van der Waals surface area contributed by atoms with Gasteiger partial charge in [-0.05, 0) is 43.0 Å². The van der Waals surface area contributed by atoms with Gasteiger partial charge in [0.25, 0.3) is 11.8 Å². The zero-order chi connectivity index (χ0) is 33.0. The van der Waals surface area contributed by atoms with E-state index in [-0.39, 0.29) is 33.9 Å². The normalized spacial score (nSPS) is 15.8. The third-order valence-electron chi connectivity index (χ3n) is 7.53. The number of halogens is 4. The lowest BCUT2D eigenvalue weighted by Gasteiger charge is -2.30. The van der Waals surface area contributed by atoms with Gasteiger partial charge in [0.15, 0.2) is 0 Å². The molecule has 3 aromatic rings. The van der Waals surface area contributed by atoms with Crippen LogP contribution in [-0.4, -0.2) is 86.4 Å². The molecule has 46 heavy (non-hydrogen) atoms. The Morgan fingerprint density at radius 1 is 1.22 bits per heavy atom. The van der Waals surface area contributed by atoms with Crippen LogP contribution in [0.25, 0.3) is 11.3 Å². The molecule has 12 nitrogen and oxygen atoms in total. The maximum absolute atomic E-state index is 13.4. The van der Waals surface area contributed by atoms with Gasteiger partial charge in [0.05, 0.1) is 29.2 Å². The monoisotopic (exact) mass is 662 g/mol. The van der Waals surface area contributed by atoms with E-state index in [1.165, 1.54) is 12.3 Å². The van der Waals surface area contributed by atoms with Crippen LogP contribution in [0.3, 0.4) is 0 Å². The first-order chi connectivity index (χ1) is 22.0. The summed E-state index contributed by atoms with van der Waals surface area (Å²) < 4.78 is 44.9. The number of pyridine rings is 1. The summed E-state index contributed by atoms with van der Waals surface area (Å²) in [6.07, 6.45) is -1.95. The van der Waals surface area contributed by atoms with Crippen LogP contribution in [0.5, 0.6) is 0 Å². The van der Waals surface area contributed by atoms with Crippen LogP contribution in [0.4, 0.5) is 19.1 Å². The van der Waals surface area contributed by atoms with Crippen LogP contribution < -0.4 is 5.32 Å². The van der Waals surface area contributed by atoms with Gasteiger partial charge < -0.3 is 24.9 Å². The molecule has 2 aliphatic heterocycles. The first-order valence-electron chi connectivity index (χ1n) is 14.5. The van der Waals surface area contributed by atoms with Crippen LogP contribution in [0.15, 0.2) is 42.6 Å². The van der Waals surface area contributed by atoms with Gasteiger partial charge in [0.2, 0.25) is 5.95 Å². The Hall–Kier alpha value is -4.34. The molecule has 0 spiro atoms. The van der Waals surface area contributed by atoms with Crippen molar-refractivity contribution in [2.45, 2.75) is 51.0 Å². The number of nitrogens with one attached hydrogen (secondary N) is 1. The van der Waals surface area contributed by atoms with E-state index in [4.69, 9.17) is 16.3 Å². The van der Waals surface area contributed by atoms with Crippen molar-refractivity contribution in [3.63, 3.8) is 0 Å². The maximum Gasteiger partial charge on any atom is 0.493 e. The first kappa shape index (κ1) is 33.0. The SMILES string of the molecule is CCc1cccc([C@@H](CO)N(OC(=O)C(F)(F)F)C(=O)CN2Cc3ccc(-c4nc(NC5CCOCC5)ncc4Cl)cc3C2=O)n1. The minimum atomic E-state index is -5.43. The molecule has 2 amide bonds. The Bertz CT molecular complexity index is 1620. The van der Waals surface area contributed by atoms with E-state index in [9.17, 15) is 32.7 Å². The number of carbonyl (C=O) groups excluding carboxylic acids is 3. The van der Waals surface area contributed by atoms with Gasteiger partial charge in [-0.25, -0.2) is 14.8 Å². The lowest BCUT2D eigenvalue weighted by molar-refractivity contribution is -0.246. The number of benzene rings is 1. The Kier molecular flexibility index (Phi) is 10.0. The van der Waals surface area contributed by atoms with Crippen LogP contribution in [0.2, 0.25) is 5.02 Å². The standard InChI is InChI=1S/C30H30ClF3N6O6/c1-2-19-4-3-5-23(36-19)24(16-41)40(46-28(44)30(32,33)34)25(42)15-39-14-18-7-6-17(12-21(18)27(39)43)26-22(31)13-35-29(38-26)37-20-8-10-45-11-9-20/h3-7,12-13,20,24,41H,2,8-11,14-16H2,1H3,(H,35,37,38)/t24-/m1/s1. The molecule has 2 N–H and O–H groups in total. The molecule has 244 valence electrons. The molecular weight excluding hydrogens is 633 g/mol. The molecule has 0 saturated carbocycles. The van der Waals surface area contributed by atoms with Crippen molar-refractivity contribution >= 4 is 35.3 Å². The molecule has 5 rings (SSSR count). The molecule has 2 aliphatic rings. The number of aliphatic hydroxyl groups is 1. The Labute approximate surface area is 266 Å². The molecule has 0 aliphatic carbocycles. The summed E-state index contributed by atoms with van der Waals surface area (Å²) in [6.45, 7) is 1.30. The Morgan fingerprint density at radius 2 is 1.98 bits per heavy atom. The van der Waals surface area contributed by atoms with E-state index in [2.05, 4.69) is 25.1 Å². The average Bonchev–Trinajstić information content (AvgIpc) is 3.35. The number of alkyl halides is 3. The van der Waals surface area contributed by atoms with Gasteiger partial charge in [-0.2, -0.15) is 18.2 Å². The van der Waals surface area contributed by atoms with Crippen molar-refractivity contribution in [2.75, 3.05) is 31.7 Å². The van der Waals surface area contributed by atoms with Crippen molar-refractivity contribution in [3.8, 4) is 11.3 Å². The highest BCUT2D eigenvalue weighted by atomic mass is 35.5. The summed E-state index contributed by atoms with van der Waals surface area (Å²) >= 11 is 6.41. The number of fused-ring (bicyclic) bond motifs is 1. The molecule has 1 fully saturated rings. The molecule has 0 radical (unpaired) electrons. The fourth-order valence-electron chi connectivity index (χ4n) is 5.13. The number of aromatic nitrogens is 3. The number of aryl methyl sites for hydroxylation is 1. The number of nitrogens with zero attached hydrogens (tertiary/aromatic N) is 5. The lowest BCUT2D eigenvalue weighted by Crippen LogP contribution is -2.46. The summed E-state index contributed by atoms with van der Waals surface area (Å²) in [5.74, 6) is -4.08. The lowest BCUT2D eigenvalue weighted by atomic mass is 10.0. The molecule has 2 aromatic heterocycles. The minimum absolute atomic E-state index is 0.00161. The van der Waals surface area contributed by atoms with E-state index in [0.717, 1.165) is 17.7 Å². The number of amides is 2. The highest BCUT2D eigenvalue weighted by molar-refractivity contribution is 6.33. The van der Waals surface area contributed by atoms with Crippen LogP contribution >= 0.6 is 11.6 Å². The van der Waals surface area contributed by atoms with Gasteiger partial charge in [-0.3, -0.25) is 14.6 Å². The minimum Gasteiger partial charge on any atom is -0.394 e. The zero-order valence-corrected chi connectivity index (χ0v) is 25.3. The molecule has 16 heteroatoms. The second-order valence-electron chi connectivity index (χ2n) is 10.7. The number of rotatable bonds is 9. The van der Waals surface area contributed by atoms with Gasteiger partial charge in [-0.15, -0.1) is 0 Å². The molecule has 0 unspecified atom stereocenters. The highest BCUT2D eigenvalue weighted by Gasteiger charge is 2.45. The number of hydrogen-bond donors (Lipinski definition) is 2. The third-order valence-corrected chi connectivity index (χ3v) is 7.81. The number of hydrogen-bond acceptors (Lipinski definition) is 10. The summed E-state index contributed by atoms with van der Waals surface area (Å²) in [7, 11) is 0. The summed E-state index contributed by atoms with van der Waals surface area (Å²) in [6, 6.07) is 8.06. The topological polar surface area (TPSA) is 147 Å². The second kappa shape index (κ2) is 14.0. The number of carbonyl (C=O) groups is 3. The summed E-state index contributed by atoms with van der Waals surface area (Å²) in [5.41, 5.74) is 2.18. The van der Waals surface area contributed by atoms with Crippen molar-refractivity contribution in [1.82, 2.24) is 24.9 Å². The molecule has 1 atom stereocenters. The molecule has 0 bridgehead atoms. The Morgan fingerprint density at radius 3 is 2.67 bits per heavy atom. The first-order valence-corrected chi connectivity index (χ1v) is 14.8. The van der Waals surface area contributed by atoms with E-state index in [1.807, 2.05) is 0 Å². The van der Waals surface area contributed by atoms with E-state index < -0.39 is 43.2 Å². The van der Waals surface area contributed by atoms with Gasteiger partial charge in [0.1, 0.15) is 12.6 Å². The van der Waals surface area contributed by atoms with E-state index in [0.29, 0.717) is 48.1 Å². The van der Waals surface area contributed by atoms with Crippen LogP contribution in [0.1, 0.15) is 53.1 Å². The summed E-state index contributed by atoms with van der Waals surface area (Å²) in [4.78, 5) is 57.3. The number of anilines is 1. The van der Waals surface area contributed by atoms with Gasteiger partial charge in [-0.1, -0.05) is 36.7 Å². The third kappa shape index (κ3) is 7.37.